The van der Waals surface area contributed by atoms with Crippen LogP contribution in [-0.2, 0) is 0 Å². The molecule has 1 aliphatic carbocycles. The average molecular weight is 317 g/mol. The minimum Gasteiger partial charge on any atom is -0.317 e. The van der Waals surface area contributed by atoms with E-state index >= 15 is 0 Å². The highest BCUT2D eigenvalue weighted by atomic mass is 35.5. The summed E-state index contributed by atoms with van der Waals surface area (Å²) >= 11 is 6.32. The molecule has 3 aliphatic heterocycles. The van der Waals surface area contributed by atoms with E-state index in [2.05, 4.69) is 21.4 Å². The maximum absolute atomic E-state index is 12.6. The molecule has 1 atom stereocenters. The second-order valence-electron chi connectivity index (χ2n) is 6.03. The van der Waals surface area contributed by atoms with Crippen LogP contribution in [0.3, 0.4) is 0 Å². The van der Waals surface area contributed by atoms with Crippen molar-refractivity contribution in [2.75, 3.05) is 13.1 Å². The van der Waals surface area contributed by atoms with Gasteiger partial charge >= 0.3 is 6.03 Å². The first kappa shape index (κ1) is 13.9. The highest BCUT2D eigenvalue weighted by Crippen LogP contribution is 2.42. The largest absolute Gasteiger partial charge is 0.350 e. The minimum absolute atomic E-state index is 0.229. The van der Waals surface area contributed by atoms with Crippen molar-refractivity contribution in [1.82, 2.24) is 10.2 Å². The summed E-state index contributed by atoms with van der Waals surface area (Å²) in [6, 6.07) is -0.229. The molecular formula is C16H17ClN4O. The second kappa shape index (κ2) is 5.18. The van der Waals surface area contributed by atoms with Gasteiger partial charge in [-0.15, -0.1) is 0 Å². The molecule has 1 saturated heterocycles. The number of rotatable bonds is 2. The zero-order valence-corrected chi connectivity index (χ0v) is 12.9. The van der Waals surface area contributed by atoms with Gasteiger partial charge in [-0.05, 0) is 56.5 Å². The number of allylic oxidation sites excluding steroid dienone is 2. The number of hydrogen-bond donors (Lipinski definition) is 1. The average Bonchev–Trinajstić information content (AvgIpc) is 3.08. The van der Waals surface area contributed by atoms with Crippen LogP contribution in [0.2, 0.25) is 0 Å². The van der Waals surface area contributed by atoms with Crippen molar-refractivity contribution in [3.05, 3.63) is 35.5 Å². The summed E-state index contributed by atoms with van der Waals surface area (Å²) in [6.45, 7) is 1.92. The van der Waals surface area contributed by atoms with Crippen LogP contribution in [0.15, 0.2) is 45.5 Å². The molecule has 0 saturated carbocycles. The Morgan fingerprint density at radius 2 is 2.14 bits per heavy atom. The third kappa shape index (κ3) is 2.00. The first-order valence-corrected chi connectivity index (χ1v) is 8.02. The van der Waals surface area contributed by atoms with E-state index in [0.717, 1.165) is 32.4 Å². The standard InChI is InChI=1S/C16H17ClN4O/c17-12-2-1-6-16(10-12,11-3-7-18-8-4-11)21-14-13(5-9-19-14)20-15(21)22/h1-2,5,9-11,18H,3-4,6-8H2. The monoisotopic (exact) mass is 316 g/mol. The summed E-state index contributed by atoms with van der Waals surface area (Å²) in [5.41, 5.74) is 0.207. The second-order valence-corrected chi connectivity index (χ2v) is 6.47. The zero-order chi connectivity index (χ0) is 15.2. The van der Waals surface area contributed by atoms with Crippen LogP contribution in [0.5, 0.6) is 0 Å². The predicted molar refractivity (Wildman–Crippen MR) is 87.3 cm³/mol. The van der Waals surface area contributed by atoms with Crippen LogP contribution in [0.4, 0.5) is 4.79 Å². The van der Waals surface area contributed by atoms with Crippen molar-refractivity contribution in [3.8, 4) is 0 Å². The smallest absolute Gasteiger partial charge is 0.317 e. The van der Waals surface area contributed by atoms with Crippen LogP contribution < -0.4 is 5.32 Å². The molecule has 4 aliphatic rings. The lowest BCUT2D eigenvalue weighted by Crippen LogP contribution is -2.58. The number of carbonyl (C=O) groups excluding carboxylic acids is 1. The van der Waals surface area contributed by atoms with Crippen molar-refractivity contribution >= 4 is 29.2 Å². The quantitative estimate of drug-likeness (QED) is 0.851. The van der Waals surface area contributed by atoms with E-state index in [-0.39, 0.29) is 6.03 Å². The Bertz CT molecular complexity index is 670. The molecule has 0 bridgehead atoms. The van der Waals surface area contributed by atoms with Gasteiger partial charge in [-0.25, -0.2) is 9.79 Å². The first-order valence-electron chi connectivity index (χ1n) is 7.64. The summed E-state index contributed by atoms with van der Waals surface area (Å²) < 4.78 is 0. The number of amidine groups is 1. The number of aliphatic imine (C=N–C) groups is 2. The fourth-order valence-electron chi connectivity index (χ4n) is 3.85. The number of nitrogens with zero attached hydrogens (tertiary/aromatic N) is 3. The molecule has 0 aromatic rings. The SMILES string of the molecule is O=C1N=C2C=CN=C2N1C1(C2CCNCC2)C=C(Cl)C=CC1. The van der Waals surface area contributed by atoms with E-state index in [1.54, 1.807) is 17.2 Å². The van der Waals surface area contributed by atoms with Crippen molar-refractivity contribution < 1.29 is 4.79 Å². The summed E-state index contributed by atoms with van der Waals surface area (Å²) in [4.78, 5) is 22.8. The van der Waals surface area contributed by atoms with Gasteiger partial charge in [-0.1, -0.05) is 17.7 Å². The number of urea groups is 1. The predicted octanol–water partition coefficient (Wildman–Crippen LogP) is 2.61. The number of piperidine rings is 1. The zero-order valence-electron chi connectivity index (χ0n) is 12.1. The topological polar surface area (TPSA) is 57.1 Å². The highest BCUT2D eigenvalue weighted by Gasteiger charge is 2.50. The molecule has 114 valence electrons. The van der Waals surface area contributed by atoms with Gasteiger partial charge in [-0.3, -0.25) is 4.90 Å². The minimum atomic E-state index is -0.457. The van der Waals surface area contributed by atoms with Crippen LogP contribution in [-0.4, -0.2) is 41.1 Å². The van der Waals surface area contributed by atoms with Crippen LogP contribution in [0.25, 0.3) is 0 Å². The summed E-state index contributed by atoms with van der Waals surface area (Å²) in [7, 11) is 0. The number of carbonyl (C=O) groups is 1. The lowest BCUT2D eigenvalue weighted by atomic mass is 9.73. The summed E-state index contributed by atoms with van der Waals surface area (Å²) in [5, 5.41) is 4.06. The van der Waals surface area contributed by atoms with Gasteiger partial charge in [0.1, 0.15) is 5.71 Å². The molecular weight excluding hydrogens is 300 g/mol. The summed E-state index contributed by atoms with van der Waals surface area (Å²) in [5.74, 6) is 1.01. The van der Waals surface area contributed by atoms with Gasteiger partial charge in [0.2, 0.25) is 0 Å². The van der Waals surface area contributed by atoms with Gasteiger partial charge in [0.15, 0.2) is 5.84 Å². The van der Waals surface area contributed by atoms with Gasteiger partial charge < -0.3 is 5.32 Å². The normalized spacial score (nSPS) is 31.2. The Kier molecular flexibility index (Phi) is 3.27. The van der Waals surface area contributed by atoms with E-state index < -0.39 is 5.54 Å². The van der Waals surface area contributed by atoms with Crippen molar-refractivity contribution in [3.63, 3.8) is 0 Å². The molecule has 1 unspecified atom stereocenters. The molecule has 6 heteroatoms. The molecule has 0 aromatic heterocycles. The third-order valence-corrected chi connectivity index (χ3v) is 5.08. The lowest BCUT2D eigenvalue weighted by Gasteiger charge is -2.46. The van der Waals surface area contributed by atoms with Crippen LogP contribution >= 0.6 is 11.6 Å². The number of amides is 2. The molecule has 5 nitrogen and oxygen atoms in total. The number of nitrogens with one attached hydrogen (secondary N) is 1. The van der Waals surface area contributed by atoms with E-state index in [1.807, 2.05) is 12.2 Å². The maximum Gasteiger partial charge on any atom is 0.350 e. The Morgan fingerprint density at radius 1 is 1.32 bits per heavy atom. The molecule has 0 spiro atoms. The maximum atomic E-state index is 12.6. The molecule has 0 aromatic carbocycles. The molecule has 1 N–H and O–H groups in total. The third-order valence-electron chi connectivity index (χ3n) is 4.85. The van der Waals surface area contributed by atoms with Crippen LogP contribution in [0, 0.1) is 5.92 Å². The molecule has 0 radical (unpaired) electrons. The fourth-order valence-corrected chi connectivity index (χ4v) is 4.13. The molecule has 2 amide bonds. The first-order chi connectivity index (χ1) is 10.7. The molecule has 4 rings (SSSR count). The fraction of sp³-hybridized carbons (Fsp3) is 0.438. The van der Waals surface area contributed by atoms with E-state index in [4.69, 9.17) is 11.6 Å². The summed E-state index contributed by atoms with van der Waals surface area (Å²) in [6.07, 6.45) is 12.2. The highest BCUT2D eigenvalue weighted by molar-refractivity contribution is 6.53. The van der Waals surface area contributed by atoms with E-state index in [9.17, 15) is 4.79 Å². The van der Waals surface area contributed by atoms with Gasteiger partial charge in [0.05, 0.1) is 5.54 Å². The Labute approximate surface area is 134 Å². The number of fused-ring (bicyclic) bond motifs is 1. The van der Waals surface area contributed by atoms with Crippen molar-refractivity contribution in [2.24, 2.45) is 15.9 Å². The Morgan fingerprint density at radius 3 is 2.91 bits per heavy atom. The van der Waals surface area contributed by atoms with Crippen molar-refractivity contribution in [1.29, 1.82) is 0 Å². The molecule has 1 fully saturated rings. The number of hydrogen-bond acceptors (Lipinski definition) is 3. The lowest BCUT2D eigenvalue weighted by molar-refractivity contribution is 0.137. The van der Waals surface area contributed by atoms with Crippen LogP contribution in [0.1, 0.15) is 19.3 Å². The molecule has 22 heavy (non-hydrogen) atoms. The van der Waals surface area contributed by atoms with Gasteiger partial charge in [-0.2, -0.15) is 4.99 Å². The van der Waals surface area contributed by atoms with Gasteiger partial charge in [0.25, 0.3) is 0 Å². The van der Waals surface area contributed by atoms with Crippen molar-refractivity contribution in [2.45, 2.75) is 24.8 Å². The van der Waals surface area contributed by atoms with E-state index in [0.29, 0.717) is 22.5 Å². The van der Waals surface area contributed by atoms with E-state index in [1.165, 1.54) is 0 Å². The molecule has 3 heterocycles. The number of halogens is 1. The Balaban J connectivity index is 1.78. The Hall–Kier alpha value is -1.72. The van der Waals surface area contributed by atoms with Gasteiger partial charge in [0, 0.05) is 11.2 Å².